The summed E-state index contributed by atoms with van der Waals surface area (Å²) in [4.78, 5) is 73.4. The first-order chi connectivity index (χ1) is 20.6. The molecule has 1 aliphatic rings. The lowest BCUT2D eigenvalue weighted by Gasteiger charge is -2.44. The van der Waals surface area contributed by atoms with Crippen LogP contribution in [0.15, 0.2) is 42.1 Å². The van der Waals surface area contributed by atoms with Gasteiger partial charge in [-0.15, -0.1) is 0 Å². The highest BCUT2D eigenvalue weighted by molar-refractivity contribution is 5.92. The van der Waals surface area contributed by atoms with E-state index in [1.807, 2.05) is 0 Å². The first-order valence-corrected chi connectivity index (χ1v) is 13.8. The van der Waals surface area contributed by atoms with Crippen molar-refractivity contribution in [1.29, 1.82) is 0 Å². The van der Waals surface area contributed by atoms with Gasteiger partial charge in [-0.05, 0) is 32.8 Å². The van der Waals surface area contributed by atoms with E-state index < -0.39 is 78.7 Å². The molecular weight excluding hydrogens is 582 g/mol. The van der Waals surface area contributed by atoms with Crippen LogP contribution in [-0.2, 0) is 63.7 Å². The molecule has 1 amide bonds. The second kappa shape index (κ2) is 16.4. The molecule has 242 valence electrons. The van der Waals surface area contributed by atoms with E-state index in [9.17, 15) is 28.8 Å². The third-order valence-corrected chi connectivity index (χ3v) is 5.71. The lowest BCUT2D eigenvalue weighted by Crippen LogP contribution is -2.62. The molecular formula is C30H39NO13. The van der Waals surface area contributed by atoms with Crippen molar-refractivity contribution in [3.63, 3.8) is 0 Å². The molecule has 0 radical (unpaired) electrons. The van der Waals surface area contributed by atoms with E-state index in [-0.39, 0.29) is 18.7 Å². The Kier molecular flexibility index (Phi) is 13.3. The lowest BCUT2D eigenvalue weighted by atomic mass is 9.92. The van der Waals surface area contributed by atoms with Crippen LogP contribution in [0.25, 0.3) is 0 Å². The molecule has 1 saturated heterocycles. The Morgan fingerprint density at radius 2 is 1.32 bits per heavy atom. The van der Waals surface area contributed by atoms with Crippen LogP contribution in [0.5, 0.6) is 0 Å². The Labute approximate surface area is 255 Å². The minimum atomic E-state index is -1.39. The first-order valence-electron chi connectivity index (χ1n) is 13.8. The van der Waals surface area contributed by atoms with Gasteiger partial charge in [-0.3, -0.25) is 24.5 Å². The van der Waals surface area contributed by atoms with Crippen LogP contribution in [0.3, 0.4) is 0 Å². The molecule has 1 aromatic carbocycles. The summed E-state index contributed by atoms with van der Waals surface area (Å²) in [5.41, 5.74) is -0.511. The van der Waals surface area contributed by atoms with Crippen LogP contribution in [0.2, 0.25) is 0 Å². The predicted molar refractivity (Wildman–Crippen MR) is 150 cm³/mol. The summed E-state index contributed by atoms with van der Waals surface area (Å²) in [5, 5.41) is 2.37. The SMILES string of the molecule is CC(=O)OCC1O[C@@H](C/C=C(\NC(=O)OC(C)(C)C)C(=O)OCc2ccccc2)C(OC(C)=O)[C@@H](OC(C)=O)[C@H]1OC(C)=O. The highest BCUT2D eigenvalue weighted by atomic mass is 16.7. The fraction of sp³-hybridized carbons (Fsp3) is 0.533. The summed E-state index contributed by atoms with van der Waals surface area (Å²) >= 11 is 0. The molecule has 1 fully saturated rings. The molecule has 14 heteroatoms. The summed E-state index contributed by atoms with van der Waals surface area (Å²) in [6, 6.07) is 8.83. The Hall–Kier alpha value is -4.46. The fourth-order valence-electron chi connectivity index (χ4n) is 4.14. The van der Waals surface area contributed by atoms with Crippen molar-refractivity contribution in [2.45, 2.75) is 97.6 Å². The third kappa shape index (κ3) is 12.4. The molecule has 0 aliphatic carbocycles. The first kappa shape index (κ1) is 35.7. The predicted octanol–water partition coefficient (Wildman–Crippen LogP) is 2.65. The average Bonchev–Trinajstić information content (AvgIpc) is 2.90. The smallest absolute Gasteiger partial charge is 0.412 e. The number of carbonyl (C=O) groups excluding carboxylic acids is 6. The van der Waals surface area contributed by atoms with Gasteiger partial charge in [-0.2, -0.15) is 0 Å². The van der Waals surface area contributed by atoms with E-state index in [2.05, 4.69) is 5.32 Å². The zero-order valence-corrected chi connectivity index (χ0v) is 25.8. The lowest BCUT2D eigenvalue weighted by molar-refractivity contribution is -0.251. The van der Waals surface area contributed by atoms with Crippen molar-refractivity contribution in [2.24, 2.45) is 0 Å². The van der Waals surface area contributed by atoms with Gasteiger partial charge in [0.05, 0.1) is 0 Å². The number of hydrogen-bond acceptors (Lipinski definition) is 13. The zero-order valence-electron chi connectivity index (χ0n) is 25.8. The van der Waals surface area contributed by atoms with E-state index in [1.54, 1.807) is 51.1 Å². The van der Waals surface area contributed by atoms with Crippen LogP contribution in [0, 0.1) is 0 Å². The molecule has 1 heterocycles. The van der Waals surface area contributed by atoms with Crippen LogP contribution < -0.4 is 5.32 Å². The summed E-state index contributed by atoms with van der Waals surface area (Å²) in [6.07, 6.45) is -6.33. The van der Waals surface area contributed by atoms with Gasteiger partial charge in [-0.1, -0.05) is 36.4 Å². The second-order valence-electron chi connectivity index (χ2n) is 10.8. The van der Waals surface area contributed by atoms with Gasteiger partial charge in [-0.25, -0.2) is 9.59 Å². The Balaban J connectivity index is 2.47. The summed E-state index contributed by atoms with van der Waals surface area (Å²) in [5.74, 6) is -3.91. The molecule has 1 aliphatic heterocycles. The minimum Gasteiger partial charge on any atom is -0.463 e. The van der Waals surface area contributed by atoms with Crippen LogP contribution in [-0.4, -0.2) is 78.7 Å². The Bertz CT molecular complexity index is 1220. The maximum Gasteiger partial charge on any atom is 0.412 e. The topological polar surface area (TPSA) is 179 Å². The number of amides is 1. The van der Waals surface area contributed by atoms with E-state index in [0.717, 1.165) is 27.7 Å². The van der Waals surface area contributed by atoms with Gasteiger partial charge in [0, 0.05) is 27.7 Å². The van der Waals surface area contributed by atoms with E-state index in [4.69, 9.17) is 33.2 Å². The second-order valence-corrected chi connectivity index (χ2v) is 10.8. The molecule has 0 bridgehead atoms. The van der Waals surface area contributed by atoms with Crippen molar-refractivity contribution < 1.29 is 61.9 Å². The highest BCUT2D eigenvalue weighted by Gasteiger charge is 2.51. The number of alkyl carbamates (subject to hydrolysis) is 1. The number of nitrogens with one attached hydrogen (secondary N) is 1. The molecule has 0 aromatic heterocycles. The van der Waals surface area contributed by atoms with Crippen molar-refractivity contribution >= 4 is 35.9 Å². The van der Waals surface area contributed by atoms with Gasteiger partial charge in [0.25, 0.3) is 0 Å². The molecule has 44 heavy (non-hydrogen) atoms. The van der Waals surface area contributed by atoms with Gasteiger partial charge < -0.3 is 33.2 Å². The van der Waals surface area contributed by atoms with Gasteiger partial charge in [0.1, 0.15) is 36.7 Å². The Morgan fingerprint density at radius 1 is 0.773 bits per heavy atom. The number of benzene rings is 1. The van der Waals surface area contributed by atoms with Crippen molar-refractivity contribution in [2.75, 3.05) is 6.61 Å². The molecule has 5 atom stereocenters. The van der Waals surface area contributed by atoms with Crippen molar-refractivity contribution in [3.8, 4) is 0 Å². The molecule has 14 nitrogen and oxygen atoms in total. The maximum absolute atomic E-state index is 13.1. The van der Waals surface area contributed by atoms with E-state index in [1.165, 1.54) is 6.08 Å². The molecule has 2 rings (SSSR count). The normalized spacial score (nSPS) is 21.7. The monoisotopic (exact) mass is 621 g/mol. The summed E-state index contributed by atoms with van der Waals surface area (Å²) < 4.78 is 38.0. The van der Waals surface area contributed by atoms with E-state index in [0.29, 0.717) is 5.56 Å². The maximum atomic E-state index is 13.1. The van der Waals surface area contributed by atoms with Crippen LogP contribution in [0.4, 0.5) is 4.79 Å². The molecule has 1 aromatic rings. The van der Waals surface area contributed by atoms with Crippen LogP contribution in [0.1, 0.15) is 60.5 Å². The average molecular weight is 622 g/mol. The number of carbonyl (C=O) groups is 6. The largest absolute Gasteiger partial charge is 0.463 e. The third-order valence-electron chi connectivity index (χ3n) is 5.71. The highest BCUT2D eigenvalue weighted by Crippen LogP contribution is 2.31. The van der Waals surface area contributed by atoms with Crippen molar-refractivity contribution in [1.82, 2.24) is 5.32 Å². The molecule has 2 unspecified atom stereocenters. The van der Waals surface area contributed by atoms with Crippen molar-refractivity contribution in [3.05, 3.63) is 47.7 Å². The van der Waals surface area contributed by atoms with Crippen LogP contribution >= 0.6 is 0 Å². The zero-order chi connectivity index (χ0) is 33.0. The molecule has 1 N–H and O–H groups in total. The number of hydrogen-bond donors (Lipinski definition) is 1. The van der Waals surface area contributed by atoms with Gasteiger partial charge in [0.15, 0.2) is 18.3 Å². The minimum absolute atomic E-state index is 0.105. The molecule has 0 spiro atoms. The van der Waals surface area contributed by atoms with E-state index >= 15 is 0 Å². The van der Waals surface area contributed by atoms with Gasteiger partial charge >= 0.3 is 35.9 Å². The van der Waals surface area contributed by atoms with Gasteiger partial charge in [0.2, 0.25) is 0 Å². The number of ether oxygens (including phenoxy) is 7. The Morgan fingerprint density at radius 3 is 1.84 bits per heavy atom. The number of rotatable bonds is 11. The number of esters is 5. The summed E-state index contributed by atoms with van der Waals surface area (Å²) in [6.45, 7) is 8.88. The molecule has 0 saturated carbocycles. The quantitative estimate of drug-likeness (QED) is 0.217. The summed E-state index contributed by atoms with van der Waals surface area (Å²) in [7, 11) is 0. The fourth-order valence-corrected chi connectivity index (χ4v) is 4.14. The standard InChI is InChI=1S/C30H39NO13/c1-17(32)38-16-24-26(41-19(3)34)27(42-20(4)35)25(40-18(2)33)23(43-24)14-13-22(31-29(37)44-30(5,6)7)28(36)39-15-21-11-9-8-10-12-21/h8-13,23-27H,14-16H2,1-7H3,(H,31,37)/b22-13-/t23-,24?,25?,26-,27+/m0/s1.